The maximum Gasteiger partial charge on any atom is 0.227 e. The first kappa shape index (κ1) is 10.8. The van der Waals surface area contributed by atoms with Gasteiger partial charge in [-0.1, -0.05) is 12.8 Å². The van der Waals surface area contributed by atoms with E-state index in [0.717, 1.165) is 25.5 Å². The number of nitrogens with zero attached hydrogens (tertiary/aromatic N) is 3. The van der Waals surface area contributed by atoms with E-state index in [1.165, 1.54) is 19.3 Å². The summed E-state index contributed by atoms with van der Waals surface area (Å²) in [5.74, 6) is 1.29. The van der Waals surface area contributed by atoms with Crippen LogP contribution >= 0.6 is 0 Å². The highest BCUT2D eigenvalue weighted by Gasteiger charge is 2.35. The SMILES string of the molecule is Nc1ccnc(N2CCOC3CCCCC32)n1. The molecule has 2 unspecified atom stereocenters. The molecule has 2 fully saturated rings. The molecule has 1 aliphatic heterocycles. The molecule has 2 heterocycles. The molecule has 1 saturated heterocycles. The van der Waals surface area contributed by atoms with Crippen LogP contribution in [0.1, 0.15) is 25.7 Å². The van der Waals surface area contributed by atoms with Crippen molar-refractivity contribution < 1.29 is 4.74 Å². The normalized spacial score (nSPS) is 28.8. The second-order valence-corrected chi connectivity index (χ2v) is 4.74. The smallest absolute Gasteiger partial charge is 0.227 e. The van der Waals surface area contributed by atoms with Crippen molar-refractivity contribution in [2.24, 2.45) is 0 Å². The Bertz CT molecular complexity index is 396. The lowest BCUT2D eigenvalue weighted by Crippen LogP contribution is -2.53. The number of rotatable bonds is 1. The fraction of sp³-hybridized carbons (Fsp3) is 0.667. The van der Waals surface area contributed by atoms with Crippen LogP contribution in [0.2, 0.25) is 0 Å². The molecule has 1 aromatic heterocycles. The van der Waals surface area contributed by atoms with E-state index in [4.69, 9.17) is 10.5 Å². The lowest BCUT2D eigenvalue weighted by atomic mass is 9.90. The molecule has 1 saturated carbocycles. The van der Waals surface area contributed by atoms with Gasteiger partial charge in [0.25, 0.3) is 0 Å². The molecule has 0 spiro atoms. The summed E-state index contributed by atoms with van der Waals surface area (Å²) in [6, 6.07) is 2.15. The molecule has 92 valence electrons. The Morgan fingerprint density at radius 2 is 2.24 bits per heavy atom. The standard InChI is InChI=1S/C12H18N4O/c13-11-5-6-14-12(15-11)16-7-8-17-10-4-2-1-3-9(10)16/h5-6,9-10H,1-4,7-8H2,(H2,13,14,15). The van der Waals surface area contributed by atoms with E-state index in [0.29, 0.717) is 18.0 Å². The third kappa shape index (κ3) is 2.07. The number of aromatic nitrogens is 2. The first-order valence-corrected chi connectivity index (χ1v) is 6.31. The Labute approximate surface area is 101 Å². The van der Waals surface area contributed by atoms with Gasteiger partial charge in [-0.15, -0.1) is 0 Å². The molecular weight excluding hydrogens is 216 g/mol. The van der Waals surface area contributed by atoms with E-state index in [1.54, 1.807) is 12.3 Å². The van der Waals surface area contributed by atoms with Gasteiger partial charge in [0, 0.05) is 12.7 Å². The monoisotopic (exact) mass is 234 g/mol. The van der Waals surface area contributed by atoms with Crippen LogP contribution < -0.4 is 10.6 Å². The van der Waals surface area contributed by atoms with Gasteiger partial charge in [0.15, 0.2) is 0 Å². The predicted octanol–water partition coefficient (Wildman–Crippen LogP) is 1.21. The minimum Gasteiger partial charge on any atom is -0.384 e. The largest absolute Gasteiger partial charge is 0.384 e. The van der Waals surface area contributed by atoms with E-state index in [2.05, 4.69) is 14.9 Å². The van der Waals surface area contributed by atoms with Crippen LogP contribution in [-0.2, 0) is 4.74 Å². The maximum absolute atomic E-state index is 5.84. The van der Waals surface area contributed by atoms with Crippen molar-refractivity contribution in [3.8, 4) is 0 Å². The lowest BCUT2D eigenvalue weighted by Gasteiger charge is -2.43. The Balaban J connectivity index is 1.85. The van der Waals surface area contributed by atoms with Gasteiger partial charge in [0.05, 0.1) is 18.8 Å². The molecule has 0 bridgehead atoms. The molecule has 5 nitrogen and oxygen atoms in total. The van der Waals surface area contributed by atoms with Crippen LogP contribution in [0.3, 0.4) is 0 Å². The molecule has 0 amide bonds. The summed E-state index contributed by atoms with van der Waals surface area (Å²) in [5, 5.41) is 0. The summed E-state index contributed by atoms with van der Waals surface area (Å²) in [7, 11) is 0. The zero-order valence-corrected chi connectivity index (χ0v) is 9.88. The highest BCUT2D eigenvalue weighted by atomic mass is 16.5. The number of hydrogen-bond acceptors (Lipinski definition) is 5. The Morgan fingerprint density at radius 1 is 1.35 bits per heavy atom. The number of nitrogen functional groups attached to an aromatic ring is 1. The summed E-state index contributed by atoms with van der Waals surface area (Å²) < 4.78 is 5.84. The minimum atomic E-state index is 0.350. The van der Waals surface area contributed by atoms with Crippen LogP contribution in [0.25, 0.3) is 0 Å². The molecule has 2 atom stereocenters. The number of hydrogen-bond donors (Lipinski definition) is 1. The zero-order chi connectivity index (χ0) is 11.7. The first-order chi connectivity index (χ1) is 8.34. The lowest BCUT2D eigenvalue weighted by molar-refractivity contribution is -0.00931. The Kier molecular flexibility index (Phi) is 2.84. The van der Waals surface area contributed by atoms with E-state index in [1.807, 2.05) is 0 Å². The first-order valence-electron chi connectivity index (χ1n) is 6.31. The highest BCUT2D eigenvalue weighted by molar-refractivity contribution is 5.39. The number of nitrogens with two attached hydrogens (primary N) is 1. The van der Waals surface area contributed by atoms with Crippen LogP contribution in [0.4, 0.5) is 11.8 Å². The van der Waals surface area contributed by atoms with Crippen molar-refractivity contribution in [1.29, 1.82) is 0 Å². The molecule has 1 aliphatic carbocycles. The van der Waals surface area contributed by atoms with Crippen molar-refractivity contribution in [3.05, 3.63) is 12.3 Å². The third-order valence-electron chi connectivity index (χ3n) is 3.65. The molecule has 2 N–H and O–H groups in total. The molecule has 5 heteroatoms. The molecule has 1 aromatic rings. The van der Waals surface area contributed by atoms with Crippen molar-refractivity contribution in [2.75, 3.05) is 23.8 Å². The van der Waals surface area contributed by atoms with Gasteiger partial charge in [-0.25, -0.2) is 4.98 Å². The second-order valence-electron chi connectivity index (χ2n) is 4.74. The minimum absolute atomic E-state index is 0.350. The van der Waals surface area contributed by atoms with Crippen LogP contribution in [0.5, 0.6) is 0 Å². The van der Waals surface area contributed by atoms with Crippen LogP contribution in [0.15, 0.2) is 12.3 Å². The van der Waals surface area contributed by atoms with Gasteiger partial charge in [-0.2, -0.15) is 4.98 Å². The highest BCUT2D eigenvalue weighted by Crippen LogP contribution is 2.30. The summed E-state index contributed by atoms with van der Waals surface area (Å²) in [4.78, 5) is 10.9. The average molecular weight is 234 g/mol. The number of ether oxygens (including phenoxy) is 1. The fourth-order valence-corrected chi connectivity index (χ4v) is 2.85. The number of anilines is 2. The molecule has 3 rings (SSSR count). The molecule has 2 aliphatic rings. The summed E-state index contributed by atoms with van der Waals surface area (Å²) in [5.41, 5.74) is 5.72. The van der Waals surface area contributed by atoms with Gasteiger partial charge >= 0.3 is 0 Å². The van der Waals surface area contributed by atoms with Crippen molar-refractivity contribution in [1.82, 2.24) is 9.97 Å². The molecule has 0 aromatic carbocycles. The summed E-state index contributed by atoms with van der Waals surface area (Å²) in [6.45, 7) is 1.63. The summed E-state index contributed by atoms with van der Waals surface area (Å²) >= 11 is 0. The fourth-order valence-electron chi connectivity index (χ4n) is 2.85. The molecular formula is C12H18N4O. The molecule has 17 heavy (non-hydrogen) atoms. The van der Waals surface area contributed by atoms with Gasteiger partial charge in [-0.05, 0) is 18.9 Å². The topological polar surface area (TPSA) is 64.3 Å². The number of fused-ring (bicyclic) bond motifs is 1. The number of morpholine rings is 1. The van der Waals surface area contributed by atoms with E-state index in [9.17, 15) is 0 Å². The zero-order valence-electron chi connectivity index (χ0n) is 9.88. The van der Waals surface area contributed by atoms with Crippen molar-refractivity contribution in [2.45, 2.75) is 37.8 Å². The van der Waals surface area contributed by atoms with Crippen LogP contribution in [-0.4, -0.2) is 35.3 Å². The van der Waals surface area contributed by atoms with E-state index >= 15 is 0 Å². The van der Waals surface area contributed by atoms with Gasteiger partial charge < -0.3 is 15.4 Å². The van der Waals surface area contributed by atoms with Gasteiger partial charge in [0.1, 0.15) is 5.82 Å². The van der Waals surface area contributed by atoms with E-state index in [-0.39, 0.29) is 0 Å². The van der Waals surface area contributed by atoms with Gasteiger partial charge in [0.2, 0.25) is 5.95 Å². The van der Waals surface area contributed by atoms with Crippen molar-refractivity contribution in [3.63, 3.8) is 0 Å². The van der Waals surface area contributed by atoms with Crippen molar-refractivity contribution >= 4 is 11.8 Å². The third-order valence-corrected chi connectivity index (χ3v) is 3.65. The van der Waals surface area contributed by atoms with E-state index < -0.39 is 0 Å². The second kappa shape index (κ2) is 4.49. The average Bonchev–Trinajstić information content (AvgIpc) is 2.38. The van der Waals surface area contributed by atoms with Gasteiger partial charge in [-0.3, -0.25) is 0 Å². The predicted molar refractivity (Wildman–Crippen MR) is 65.8 cm³/mol. The quantitative estimate of drug-likeness (QED) is 0.791. The Morgan fingerprint density at radius 3 is 3.12 bits per heavy atom. The Hall–Kier alpha value is -1.36. The summed E-state index contributed by atoms with van der Waals surface area (Å²) in [6.07, 6.45) is 6.94. The maximum atomic E-state index is 5.84. The molecule has 0 radical (unpaired) electrons. The van der Waals surface area contributed by atoms with Crippen LogP contribution in [0, 0.1) is 0 Å².